The standard InChI is InChI=1S/C19H15N/c1-13-11-15-6-4-7-16(17(15)12-13)19-10-9-14-5-2-3-8-18(14)20-19/h2-10,12H,11H2,1H3. The summed E-state index contributed by atoms with van der Waals surface area (Å²) in [5.41, 5.74) is 7.54. The number of nitrogens with zero attached hydrogens (tertiary/aromatic N) is 1. The Labute approximate surface area is 118 Å². The summed E-state index contributed by atoms with van der Waals surface area (Å²) in [7, 11) is 0. The fourth-order valence-electron chi connectivity index (χ4n) is 2.97. The van der Waals surface area contributed by atoms with Crippen molar-refractivity contribution in [3.05, 3.63) is 71.3 Å². The van der Waals surface area contributed by atoms with E-state index in [1.807, 2.05) is 6.07 Å². The highest BCUT2D eigenvalue weighted by atomic mass is 14.7. The number of hydrogen-bond acceptors (Lipinski definition) is 1. The Morgan fingerprint density at radius 3 is 2.75 bits per heavy atom. The summed E-state index contributed by atoms with van der Waals surface area (Å²) < 4.78 is 0. The highest BCUT2D eigenvalue weighted by molar-refractivity contribution is 5.84. The van der Waals surface area contributed by atoms with Gasteiger partial charge in [-0.15, -0.1) is 0 Å². The molecule has 1 nitrogen and oxygen atoms in total. The first kappa shape index (κ1) is 11.4. The molecule has 96 valence electrons. The molecular weight excluding hydrogens is 242 g/mol. The molecule has 1 aromatic heterocycles. The fraction of sp³-hybridized carbons (Fsp3) is 0.105. The van der Waals surface area contributed by atoms with E-state index in [0.717, 1.165) is 17.6 Å². The van der Waals surface area contributed by atoms with E-state index in [-0.39, 0.29) is 0 Å². The zero-order valence-corrected chi connectivity index (χ0v) is 11.4. The van der Waals surface area contributed by atoms with Gasteiger partial charge < -0.3 is 0 Å². The van der Waals surface area contributed by atoms with Crippen molar-refractivity contribution in [2.45, 2.75) is 13.3 Å². The molecule has 0 amide bonds. The van der Waals surface area contributed by atoms with Gasteiger partial charge in [0.2, 0.25) is 0 Å². The van der Waals surface area contributed by atoms with Gasteiger partial charge >= 0.3 is 0 Å². The molecule has 0 unspecified atom stereocenters. The molecule has 3 aromatic rings. The molecule has 0 radical (unpaired) electrons. The predicted molar refractivity (Wildman–Crippen MR) is 84.5 cm³/mol. The average molecular weight is 257 g/mol. The molecule has 0 saturated carbocycles. The van der Waals surface area contributed by atoms with Crippen LogP contribution in [-0.4, -0.2) is 4.98 Å². The largest absolute Gasteiger partial charge is 0.248 e. The van der Waals surface area contributed by atoms with E-state index < -0.39 is 0 Å². The van der Waals surface area contributed by atoms with Gasteiger partial charge in [-0.1, -0.05) is 54.1 Å². The molecule has 1 heterocycles. The molecule has 1 aliphatic rings. The summed E-state index contributed by atoms with van der Waals surface area (Å²) in [6.45, 7) is 2.19. The van der Waals surface area contributed by atoms with Crippen molar-refractivity contribution in [1.82, 2.24) is 4.98 Å². The smallest absolute Gasteiger partial charge is 0.0715 e. The quantitative estimate of drug-likeness (QED) is 0.606. The van der Waals surface area contributed by atoms with Crippen molar-refractivity contribution >= 4 is 17.0 Å². The summed E-state index contributed by atoms with van der Waals surface area (Å²) >= 11 is 0. The predicted octanol–water partition coefficient (Wildman–Crippen LogP) is 4.86. The van der Waals surface area contributed by atoms with Crippen molar-refractivity contribution in [2.24, 2.45) is 0 Å². The first-order valence-corrected chi connectivity index (χ1v) is 6.96. The van der Waals surface area contributed by atoms with Gasteiger partial charge in [-0.3, -0.25) is 0 Å². The number of rotatable bonds is 1. The number of aromatic nitrogens is 1. The molecule has 0 bridgehead atoms. The second kappa shape index (κ2) is 4.31. The first-order valence-electron chi connectivity index (χ1n) is 6.96. The average Bonchev–Trinajstić information content (AvgIpc) is 2.86. The summed E-state index contributed by atoms with van der Waals surface area (Å²) in [6.07, 6.45) is 3.36. The first-order chi connectivity index (χ1) is 9.81. The third-order valence-electron chi connectivity index (χ3n) is 3.93. The topological polar surface area (TPSA) is 12.9 Å². The molecule has 20 heavy (non-hydrogen) atoms. The summed E-state index contributed by atoms with van der Waals surface area (Å²) in [6, 6.07) is 19.1. The lowest BCUT2D eigenvalue weighted by molar-refractivity contribution is 1.19. The maximum Gasteiger partial charge on any atom is 0.0715 e. The Morgan fingerprint density at radius 1 is 0.900 bits per heavy atom. The van der Waals surface area contributed by atoms with E-state index in [0.29, 0.717) is 0 Å². The van der Waals surface area contributed by atoms with Gasteiger partial charge in [0, 0.05) is 10.9 Å². The van der Waals surface area contributed by atoms with Crippen molar-refractivity contribution < 1.29 is 0 Å². The van der Waals surface area contributed by atoms with Crippen LogP contribution in [0.1, 0.15) is 18.1 Å². The van der Waals surface area contributed by atoms with Crippen LogP contribution in [0.4, 0.5) is 0 Å². The Bertz CT molecular complexity index is 843. The molecule has 2 aromatic carbocycles. The van der Waals surface area contributed by atoms with Gasteiger partial charge in [0.25, 0.3) is 0 Å². The number of pyridine rings is 1. The minimum Gasteiger partial charge on any atom is -0.248 e. The number of allylic oxidation sites excluding steroid dienone is 1. The Morgan fingerprint density at radius 2 is 1.80 bits per heavy atom. The highest BCUT2D eigenvalue weighted by Gasteiger charge is 2.14. The van der Waals surface area contributed by atoms with Crippen LogP contribution in [0.2, 0.25) is 0 Å². The molecule has 0 N–H and O–H groups in total. The lowest BCUT2D eigenvalue weighted by Gasteiger charge is -2.08. The second-order valence-electron chi connectivity index (χ2n) is 5.44. The van der Waals surface area contributed by atoms with Crippen LogP contribution < -0.4 is 0 Å². The molecule has 0 atom stereocenters. The van der Waals surface area contributed by atoms with Crippen molar-refractivity contribution in [3.63, 3.8) is 0 Å². The van der Waals surface area contributed by atoms with Gasteiger partial charge in [0.1, 0.15) is 0 Å². The van der Waals surface area contributed by atoms with Gasteiger partial charge in [-0.05, 0) is 36.6 Å². The molecule has 0 spiro atoms. The zero-order valence-electron chi connectivity index (χ0n) is 11.4. The van der Waals surface area contributed by atoms with Gasteiger partial charge in [0.15, 0.2) is 0 Å². The van der Waals surface area contributed by atoms with Gasteiger partial charge in [-0.25, -0.2) is 4.98 Å². The normalized spacial score (nSPS) is 13.3. The molecule has 1 aliphatic carbocycles. The lowest BCUT2D eigenvalue weighted by Crippen LogP contribution is -1.90. The fourth-order valence-corrected chi connectivity index (χ4v) is 2.97. The van der Waals surface area contributed by atoms with E-state index in [2.05, 4.69) is 61.5 Å². The Balaban J connectivity index is 1.94. The van der Waals surface area contributed by atoms with Crippen molar-refractivity contribution in [2.75, 3.05) is 0 Å². The minimum absolute atomic E-state index is 1.06. The third-order valence-corrected chi connectivity index (χ3v) is 3.93. The monoisotopic (exact) mass is 257 g/mol. The third kappa shape index (κ3) is 1.75. The van der Waals surface area contributed by atoms with Crippen LogP contribution in [0.5, 0.6) is 0 Å². The van der Waals surface area contributed by atoms with Gasteiger partial charge in [-0.2, -0.15) is 0 Å². The van der Waals surface area contributed by atoms with Crippen LogP contribution in [-0.2, 0) is 6.42 Å². The molecule has 0 fully saturated rings. The van der Waals surface area contributed by atoms with E-state index in [9.17, 15) is 0 Å². The molecule has 0 aliphatic heterocycles. The molecule has 1 heteroatoms. The Hall–Kier alpha value is -2.41. The van der Waals surface area contributed by atoms with Crippen LogP contribution in [0.15, 0.2) is 60.2 Å². The second-order valence-corrected chi connectivity index (χ2v) is 5.44. The maximum absolute atomic E-state index is 4.82. The molecule has 0 saturated heterocycles. The van der Waals surface area contributed by atoms with Crippen molar-refractivity contribution in [3.8, 4) is 11.3 Å². The zero-order chi connectivity index (χ0) is 13.5. The van der Waals surface area contributed by atoms with E-state index in [4.69, 9.17) is 4.98 Å². The van der Waals surface area contributed by atoms with Crippen LogP contribution in [0.25, 0.3) is 28.2 Å². The van der Waals surface area contributed by atoms with Crippen LogP contribution in [0.3, 0.4) is 0 Å². The number of hydrogen-bond donors (Lipinski definition) is 0. The summed E-state index contributed by atoms with van der Waals surface area (Å²) in [5, 5.41) is 1.19. The summed E-state index contributed by atoms with van der Waals surface area (Å²) in [5.74, 6) is 0. The lowest BCUT2D eigenvalue weighted by atomic mass is 10.00. The summed E-state index contributed by atoms with van der Waals surface area (Å²) in [4.78, 5) is 4.82. The van der Waals surface area contributed by atoms with Crippen LogP contribution in [0, 0.1) is 0 Å². The number of para-hydroxylation sites is 1. The van der Waals surface area contributed by atoms with E-state index in [1.54, 1.807) is 0 Å². The van der Waals surface area contributed by atoms with Gasteiger partial charge in [0.05, 0.1) is 11.2 Å². The maximum atomic E-state index is 4.82. The van der Waals surface area contributed by atoms with Crippen molar-refractivity contribution in [1.29, 1.82) is 0 Å². The molecule has 4 rings (SSSR count). The van der Waals surface area contributed by atoms with E-state index in [1.165, 1.54) is 27.6 Å². The number of benzene rings is 2. The SMILES string of the molecule is CC1=Cc2c(cccc2-c2ccc3ccccc3n2)C1. The number of fused-ring (bicyclic) bond motifs is 2. The molecular formula is C19H15N. The highest BCUT2D eigenvalue weighted by Crippen LogP contribution is 2.33. The minimum atomic E-state index is 1.06. The van der Waals surface area contributed by atoms with Crippen LogP contribution >= 0.6 is 0 Å². The Kier molecular flexibility index (Phi) is 2.46. The van der Waals surface area contributed by atoms with E-state index >= 15 is 0 Å².